The van der Waals surface area contributed by atoms with Gasteiger partial charge in [-0.05, 0) is 61.1 Å². The number of Topliss-reactive ketones (excluding diaryl/α,β-unsaturated/α-hetero) is 1. The fourth-order valence-electron chi connectivity index (χ4n) is 5.13. The Bertz CT molecular complexity index is 1280. The van der Waals surface area contributed by atoms with Gasteiger partial charge in [0.2, 0.25) is 0 Å². The van der Waals surface area contributed by atoms with Crippen LogP contribution in [-0.2, 0) is 14.3 Å². The van der Waals surface area contributed by atoms with Crippen molar-refractivity contribution in [2.75, 3.05) is 27.9 Å². The fourth-order valence-corrected chi connectivity index (χ4v) is 5.13. The second-order valence-electron chi connectivity index (χ2n) is 9.20. The minimum atomic E-state index is -0.644. The Kier molecular flexibility index (Phi) is 7.76. The first kappa shape index (κ1) is 26.1. The van der Waals surface area contributed by atoms with Crippen LogP contribution in [0, 0.1) is 0 Å². The van der Waals surface area contributed by atoms with Crippen LogP contribution in [0.1, 0.15) is 56.1 Å². The number of nitrogens with one attached hydrogen (secondary N) is 1. The van der Waals surface area contributed by atoms with Gasteiger partial charge in [-0.25, -0.2) is 4.79 Å². The van der Waals surface area contributed by atoms with Crippen molar-refractivity contribution in [3.8, 4) is 23.0 Å². The smallest absolute Gasteiger partial charge is 0.336 e. The first-order valence-electron chi connectivity index (χ1n) is 12.3. The van der Waals surface area contributed by atoms with E-state index >= 15 is 0 Å². The summed E-state index contributed by atoms with van der Waals surface area (Å²) in [5.74, 6) is 0.236. The highest BCUT2D eigenvalue weighted by molar-refractivity contribution is 6.04. The maximum atomic E-state index is 13.8. The number of esters is 1. The Morgan fingerprint density at radius 2 is 1.65 bits per heavy atom. The molecule has 2 atom stereocenters. The van der Waals surface area contributed by atoms with E-state index in [4.69, 9.17) is 18.9 Å². The van der Waals surface area contributed by atoms with E-state index in [1.165, 1.54) is 13.2 Å². The Morgan fingerprint density at radius 1 is 0.973 bits per heavy atom. The Labute approximate surface area is 216 Å². The van der Waals surface area contributed by atoms with Crippen LogP contribution < -0.4 is 19.5 Å². The largest absolute Gasteiger partial charge is 0.504 e. The number of methoxy groups -OCH3 is 3. The summed E-state index contributed by atoms with van der Waals surface area (Å²) in [4.78, 5) is 27.0. The molecule has 8 nitrogen and oxygen atoms in total. The third kappa shape index (κ3) is 5.01. The molecule has 0 fully saturated rings. The van der Waals surface area contributed by atoms with Crippen molar-refractivity contribution in [2.24, 2.45) is 0 Å². The molecule has 0 unspecified atom stereocenters. The maximum Gasteiger partial charge on any atom is 0.336 e. The molecule has 2 aliphatic rings. The van der Waals surface area contributed by atoms with Gasteiger partial charge in [0.1, 0.15) is 0 Å². The number of phenolic OH excluding ortho intramolecular Hbond substituents is 1. The number of carbonyl (C=O) groups excluding carboxylic acids is 2. The molecule has 8 heteroatoms. The van der Waals surface area contributed by atoms with Crippen molar-refractivity contribution in [2.45, 2.75) is 44.9 Å². The number of phenols is 1. The number of hydrogen-bond donors (Lipinski definition) is 2. The van der Waals surface area contributed by atoms with E-state index in [1.807, 2.05) is 32.0 Å². The lowest BCUT2D eigenvalue weighted by Crippen LogP contribution is -2.36. The number of dihydropyridines is 1. The molecule has 37 heavy (non-hydrogen) atoms. The second-order valence-corrected chi connectivity index (χ2v) is 9.20. The van der Waals surface area contributed by atoms with Crippen LogP contribution in [-0.4, -0.2) is 44.8 Å². The van der Waals surface area contributed by atoms with Gasteiger partial charge in [-0.1, -0.05) is 19.1 Å². The van der Waals surface area contributed by atoms with E-state index in [-0.39, 0.29) is 36.2 Å². The maximum absolute atomic E-state index is 13.8. The first-order chi connectivity index (χ1) is 17.8. The summed E-state index contributed by atoms with van der Waals surface area (Å²) in [6.07, 6.45) is 1.54. The van der Waals surface area contributed by atoms with E-state index in [0.29, 0.717) is 46.7 Å². The molecule has 2 aromatic rings. The highest BCUT2D eigenvalue weighted by Crippen LogP contribution is 2.47. The number of allylic oxidation sites excluding steroid dienone is 3. The lowest BCUT2D eigenvalue weighted by atomic mass is 9.71. The van der Waals surface area contributed by atoms with Gasteiger partial charge < -0.3 is 29.4 Å². The average molecular weight is 508 g/mol. The molecule has 0 radical (unpaired) electrons. The molecular weight excluding hydrogens is 474 g/mol. The lowest BCUT2D eigenvalue weighted by Gasteiger charge is -2.37. The summed E-state index contributed by atoms with van der Waals surface area (Å²) in [5.41, 5.74) is 3.98. The standard InChI is InChI=1S/C29H33NO7/c1-6-11-37-29(33)26-16(2)30-20-12-19(17-8-10-23(34-3)25(14-17)36-5)13-22(32)28(20)27(26)18-7-9-21(31)24(15-18)35-4/h7-10,14-15,19,27,30-31H,6,11-13H2,1-5H3/t19-,27-/m1/s1. The van der Waals surface area contributed by atoms with Crippen molar-refractivity contribution >= 4 is 11.8 Å². The van der Waals surface area contributed by atoms with Crippen molar-refractivity contribution in [3.05, 3.63) is 70.1 Å². The summed E-state index contributed by atoms with van der Waals surface area (Å²) in [7, 11) is 4.63. The minimum Gasteiger partial charge on any atom is -0.504 e. The predicted molar refractivity (Wildman–Crippen MR) is 138 cm³/mol. The lowest BCUT2D eigenvalue weighted by molar-refractivity contribution is -0.139. The first-order valence-corrected chi connectivity index (χ1v) is 12.3. The number of ether oxygens (including phenoxy) is 4. The van der Waals surface area contributed by atoms with Crippen LogP contribution in [0.15, 0.2) is 58.9 Å². The molecule has 1 heterocycles. The molecule has 0 aromatic heterocycles. The molecule has 1 aliphatic heterocycles. The molecule has 0 bridgehead atoms. The summed E-state index contributed by atoms with van der Waals surface area (Å²) < 4.78 is 21.7. The third-order valence-corrected chi connectivity index (χ3v) is 6.90. The van der Waals surface area contributed by atoms with Crippen LogP contribution >= 0.6 is 0 Å². The highest BCUT2D eigenvalue weighted by Gasteiger charge is 2.41. The van der Waals surface area contributed by atoms with Gasteiger partial charge in [0.15, 0.2) is 28.8 Å². The van der Waals surface area contributed by atoms with E-state index in [1.54, 1.807) is 26.4 Å². The molecule has 2 aromatic carbocycles. The van der Waals surface area contributed by atoms with Gasteiger partial charge in [0.25, 0.3) is 0 Å². The monoisotopic (exact) mass is 507 g/mol. The van der Waals surface area contributed by atoms with E-state index in [2.05, 4.69) is 5.32 Å². The third-order valence-electron chi connectivity index (χ3n) is 6.90. The number of hydrogen-bond acceptors (Lipinski definition) is 8. The number of ketones is 1. The van der Waals surface area contributed by atoms with Gasteiger partial charge in [0, 0.05) is 29.3 Å². The van der Waals surface area contributed by atoms with Crippen LogP contribution in [0.3, 0.4) is 0 Å². The highest BCUT2D eigenvalue weighted by atomic mass is 16.5. The van der Waals surface area contributed by atoms with Crippen LogP contribution in [0.5, 0.6) is 23.0 Å². The van der Waals surface area contributed by atoms with Gasteiger partial charge in [0.05, 0.1) is 33.5 Å². The van der Waals surface area contributed by atoms with Crippen molar-refractivity contribution in [3.63, 3.8) is 0 Å². The molecule has 2 N–H and O–H groups in total. The molecule has 196 valence electrons. The Balaban J connectivity index is 1.79. The van der Waals surface area contributed by atoms with Gasteiger partial charge in [-0.15, -0.1) is 0 Å². The fraction of sp³-hybridized carbons (Fsp3) is 0.379. The molecule has 0 spiro atoms. The zero-order valence-electron chi connectivity index (χ0n) is 21.8. The summed E-state index contributed by atoms with van der Waals surface area (Å²) in [5, 5.41) is 13.5. The van der Waals surface area contributed by atoms with Crippen molar-refractivity contribution in [1.29, 1.82) is 0 Å². The second kappa shape index (κ2) is 11.0. The Hall–Kier alpha value is -3.94. The van der Waals surface area contributed by atoms with E-state index in [0.717, 1.165) is 11.3 Å². The molecule has 0 saturated carbocycles. The van der Waals surface area contributed by atoms with Gasteiger partial charge in [-0.3, -0.25) is 4.79 Å². The molecular formula is C29H33NO7. The SMILES string of the molecule is CCCOC(=O)C1=C(C)NC2=C(C(=O)C[C@H](c3ccc(OC)c(OC)c3)C2)[C@@H]1c1ccc(O)c(OC)c1. The Morgan fingerprint density at radius 3 is 2.32 bits per heavy atom. The molecule has 0 amide bonds. The van der Waals surface area contributed by atoms with Crippen LogP contribution in [0.2, 0.25) is 0 Å². The quantitative estimate of drug-likeness (QED) is 0.494. The predicted octanol–water partition coefficient (Wildman–Crippen LogP) is 4.73. The average Bonchev–Trinajstić information content (AvgIpc) is 2.90. The summed E-state index contributed by atoms with van der Waals surface area (Å²) in [6.45, 7) is 4.03. The molecule has 0 saturated heterocycles. The number of benzene rings is 2. The normalized spacial score (nSPS) is 19.2. The molecule has 1 aliphatic carbocycles. The van der Waals surface area contributed by atoms with E-state index in [9.17, 15) is 14.7 Å². The van der Waals surface area contributed by atoms with E-state index < -0.39 is 11.9 Å². The number of carbonyl (C=O) groups is 2. The zero-order valence-corrected chi connectivity index (χ0v) is 21.8. The van der Waals surface area contributed by atoms with Crippen molar-refractivity contribution in [1.82, 2.24) is 5.32 Å². The summed E-state index contributed by atoms with van der Waals surface area (Å²) in [6, 6.07) is 10.6. The number of aromatic hydroxyl groups is 1. The van der Waals surface area contributed by atoms with Crippen molar-refractivity contribution < 1.29 is 33.6 Å². The van der Waals surface area contributed by atoms with Crippen LogP contribution in [0.4, 0.5) is 0 Å². The van der Waals surface area contributed by atoms with Crippen LogP contribution in [0.25, 0.3) is 0 Å². The van der Waals surface area contributed by atoms with Gasteiger partial charge in [-0.2, -0.15) is 0 Å². The summed E-state index contributed by atoms with van der Waals surface area (Å²) >= 11 is 0. The topological polar surface area (TPSA) is 103 Å². The number of rotatable bonds is 8. The molecule has 4 rings (SSSR count). The zero-order chi connectivity index (χ0) is 26.7. The minimum absolute atomic E-state index is 0.0197. The van der Waals surface area contributed by atoms with Gasteiger partial charge >= 0.3 is 5.97 Å².